The molecule has 6 rings (SSSR count). The van der Waals surface area contributed by atoms with Gasteiger partial charge in [0.2, 0.25) is 5.43 Å². The number of aromatic nitrogens is 5. The predicted molar refractivity (Wildman–Crippen MR) is 162 cm³/mol. The maximum absolute atomic E-state index is 14.3. The van der Waals surface area contributed by atoms with E-state index in [4.69, 9.17) is 9.97 Å². The Bertz CT molecular complexity index is 1590. The summed E-state index contributed by atoms with van der Waals surface area (Å²) in [6.07, 6.45) is 9.80. The molecule has 3 aromatic rings. The van der Waals surface area contributed by atoms with Gasteiger partial charge in [-0.2, -0.15) is 0 Å². The van der Waals surface area contributed by atoms with Crippen molar-refractivity contribution in [1.29, 1.82) is 0 Å². The minimum Gasteiger partial charge on any atom is -0.504 e. The number of rotatable bonds is 6. The smallest absolute Gasteiger partial charge is 0.276 e. The van der Waals surface area contributed by atoms with Crippen molar-refractivity contribution in [2.24, 2.45) is 0 Å². The third-order valence-corrected chi connectivity index (χ3v) is 9.74. The minimum absolute atomic E-state index is 0.00272. The van der Waals surface area contributed by atoms with E-state index < -0.39 is 11.6 Å². The molecule has 230 valence electrons. The summed E-state index contributed by atoms with van der Waals surface area (Å²) >= 11 is 0. The third-order valence-electron chi connectivity index (χ3n) is 9.74. The summed E-state index contributed by atoms with van der Waals surface area (Å²) < 4.78 is 2.03. The first-order valence-corrected chi connectivity index (χ1v) is 15.4. The molecule has 1 spiro atoms. The molecule has 3 aromatic heterocycles. The number of hydrogen-bond donors (Lipinski definition) is 3. The molecule has 1 unspecified atom stereocenters. The number of carbonyl (C=O) groups is 1. The van der Waals surface area contributed by atoms with Crippen molar-refractivity contribution in [2.45, 2.75) is 95.4 Å². The second kappa shape index (κ2) is 11.5. The van der Waals surface area contributed by atoms with Crippen LogP contribution in [0.2, 0.25) is 0 Å². The highest BCUT2D eigenvalue weighted by Gasteiger charge is 2.49. The first-order valence-electron chi connectivity index (χ1n) is 15.4. The van der Waals surface area contributed by atoms with Gasteiger partial charge in [0.05, 0.1) is 18.4 Å². The van der Waals surface area contributed by atoms with Crippen LogP contribution < -0.4 is 15.6 Å². The fraction of sp³-hybridized carbons (Fsp3) is 0.613. The molecule has 2 atom stereocenters. The molecule has 3 N–H and O–H groups in total. The molecule has 43 heavy (non-hydrogen) atoms. The number of likely N-dealkylation sites (tertiary alicyclic amines) is 1. The maximum Gasteiger partial charge on any atom is 0.276 e. The molecule has 0 aromatic carbocycles. The van der Waals surface area contributed by atoms with Crippen molar-refractivity contribution in [1.82, 2.24) is 34.7 Å². The Balaban J connectivity index is 1.37. The number of aliphatic hydroxyl groups excluding tert-OH is 1. The van der Waals surface area contributed by atoms with E-state index in [1.54, 1.807) is 18.0 Å². The highest BCUT2D eigenvalue weighted by atomic mass is 16.3. The second-order valence-electron chi connectivity index (χ2n) is 12.8. The Labute approximate surface area is 251 Å². The van der Waals surface area contributed by atoms with Gasteiger partial charge in [0.15, 0.2) is 22.6 Å². The topological polar surface area (TPSA) is 150 Å². The molecular weight excluding hydrogens is 548 g/mol. The van der Waals surface area contributed by atoms with Crippen molar-refractivity contribution in [3.8, 4) is 5.75 Å². The molecule has 12 heteroatoms. The van der Waals surface area contributed by atoms with Crippen LogP contribution in [-0.4, -0.2) is 85.0 Å². The third kappa shape index (κ3) is 5.24. The lowest BCUT2D eigenvalue weighted by atomic mass is 9.73. The number of nitrogens with zero attached hydrogens (tertiary/aromatic N) is 7. The van der Waals surface area contributed by atoms with Crippen LogP contribution >= 0.6 is 0 Å². The molecule has 3 aliphatic rings. The summed E-state index contributed by atoms with van der Waals surface area (Å²) in [5, 5.41) is 25.1. The van der Waals surface area contributed by atoms with Gasteiger partial charge in [-0.25, -0.2) is 19.9 Å². The lowest BCUT2D eigenvalue weighted by molar-refractivity contribution is 0.0653. The van der Waals surface area contributed by atoms with Crippen LogP contribution in [0, 0.1) is 6.92 Å². The minimum atomic E-state index is -0.791. The number of pyridine rings is 1. The molecule has 1 saturated carbocycles. The van der Waals surface area contributed by atoms with Gasteiger partial charge < -0.3 is 24.6 Å². The molecule has 12 nitrogen and oxygen atoms in total. The zero-order chi connectivity index (χ0) is 30.5. The van der Waals surface area contributed by atoms with E-state index in [0.717, 1.165) is 43.4 Å². The Morgan fingerprint density at radius 2 is 1.88 bits per heavy atom. The average Bonchev–Trinajstić information content (AvgIpc) is 3.28. The maximum atomic E-state index is 14.3. The van der Waals surface area contributed by atoms with E-state index in [1.165, 1.54) is 12.7 Å². The SMILES string of the molecule is Cc1ncnc(C(=O)N2CCC3(CC2)C[C@H](C)c2c3c(=O)c3nc(N(C)C)cnc3n2CC(O)NC2CCCCC2)c1O. The number of nitrogens with one attached hydrogen (secondary N) is 1. The lowest BCUT2D eigenvalue weighted by Gasteiger charge is -2.40. The highest BCUT2D eigenvalue weighted by molar-refractivity contribution is 5.95. The Kier molecular flexibility index (Phi) is 7.84. The largest absolute Gasteiger partial charge is 0.504 e. The number of aryl methyl sites for hydroxylation is 1. The van der Waals surface area contributed by atoms with E-state index in [2.05, 4.69) is 22.2 Å². The van der Waals surface area contributed by atoms with Gasteiger partial charge in [-0.15, -0.1) is 0 Å². The van der Waals surface area contributed by atoms with E-state index in [0.29, 0.717) is 48.6 Å². The van der Waals surface area contributed by atoms with E-state index in [9.17, 15) is 19.8 Å². The number of aromatic hydroxyl groups is 1. The van der Waals surface area contributed by atoms with Gasteiger partial charge >= 0.3 is 0 Å². The average molecular weight is 591 g/mol. The number of amides is 1. The zero-order valence-electron chi connectivity index (χ0n) is 25.5. The Morgan fingerprint density at radius 1 is 1.16 bits per heavy atom. The normalized spacial score (nSPS) is 20.9. The number of piperidine rings is 1. The van der Waals surface area contributed by atoms with Crippen LogP contribution in [0.15, 0.2) is 17.3 Å². The molecule has 0 radical (unpaired) electrons. The van der Waals surface area contributed by atoms with Crippen LogP contribution in [0.25, 0.3) is 11.2 Å². The van der Waals surface area contributed by atoms with Crippen LogP contribution in [0.1, 0.15) is 91.6 Å². The van der Waals surface area contributed by atoms with Crippen molar-refractivity contribution in [3.63, 3.8) is 0 Å². The van der Waals surface area contributed by atoms with Gasteiger partial charge in [-0.3, -0.25) is 14.9 Å². The quantitative estimate of drug-likeness (QED) is 0.366. The van der Waals surface area contributed by atoms with Crippen molar-refractivity contribution in [3.05, 3.63) is 45.4 Å². The van der Waals surface area contributed by atoms with Gasteiger partial charge in [0.25, 0.3) is 5.91 Å². The van der Waals surface area contributed by atoms with E-state index in [1.807, 2.05) is 23.6 Å². The van der Waals surface area contributed by atoms with E-state index >= 15 is 0 Å². The van der Waals surface area contributed by atoms with Crippen LogP contribution in [-0.2, 0) is 12.0 Å². The Hall–Kier alpha value is -3.64. The van der Waals surface area contributed by atoms with E-state index in [-0.39, 0.29) is 41.3 Å². The molecule has 2 aliphatic carbocycles. The summed E-state index contributed by atoms with van der Waals surface area (Å²) in [6.45, 7) is 4.90. The molecule has 0 bridgehead atoms. The Morgan fingerprint density at radius 3 is 2.58 bits per heavy atom. The molecular formula is C31H42N8O4. The molecule has 4 heterocycles. The number of fused-ring (bicyclic) bond motifs is 3. The standard InChI is InChI=1S/C31H42N8O4/c1-18-14-31(10-12-38(13-11-31)30(43)25-27(41)19(2)33-17-34-25)23-26(18)39(16-22(40)35-20-8-6-5-7-9-20)29-24(28(23)42)36-21(15-32-29)37(3)4/h15,17-18,20,22,35,40-41H,5-14,16H2,1-4H3/t18-,22?/m0/s1. The van der Waals surface area contributed by atoms with Crippen LogP contribution in [0.4, 0.5) is 5.82 Å². The number of aliphatic hydroxyl groups is 1. The predicted octanol–water partition coefficient (Wildman–Crippen LogP) is 2.58. The van der Waals surface area contributed by atoms with Crippen LogP contribution in [0.5, 0.6) is 5.75 Å². The molecule has 1 amide bonds. The van der Waals surface area contributed by atoms with Crippen molar-refractivity contribution in [2.75, 3.05) is 32.1 Å². The number of carbonyl (C=O) groups excluding carboxylic acids is 1. The summed E-state index contributed by atoms with van der Waals surface area (Å²) in [4.78, 5) is 48.7. The summed E-state index contributed by atoms with van der Waals surface area (Å²) in [5.41, 5.74) is 2.28. The highest BCUT2D eigenvalue weighted by Crippen LogP contribution is 2.51. The second-order valence-corrected chi connectivity index (χ2v) is 12.8. The van der Waals surface area contributed by atoms with Gasteiger partial charge in [0.1, 0.15) is 18.4 Å². The first-order chi connectivity index (χ1) is 20.6. The summed E-state index contributed by atoms with van der Waals surface area (Å²) in [7, 11) is 3.74. The summed E-state index contributed by atoms with van der Waals surface area (Å²) in [6, 6.07) is 0.276. The molecule has 1 aliphatic heterocycles. The number of hydrogen-bond acceptors (Lipinski definition) is 10. The fourth-order valence-electron chi connectivity index (χ4n) is 7.55. The molecule has 2 fully saturated rings. The fourth-order valence-corrected chi connectivity index (χ4v) is 7.55. The molecule has 1 saturated heterocycles. The van der Waals surface area contributed by atoms with Gasteiger partial charge in [-0.1, -0.05) is 26.2 Å². The zero-order valence-corrected chi connectivity index (χ0v) is 25.5. The first kappa shape index (κ1) is 29.4. The lowest BCUT2D eigenvalue weighted by Crippen LogP contribution is -2.46. The van der Waals surface area contributed by atoms with Crippen molar-refractivity contribution >= 4 is 22.9 Å². The van der Waals surface area contributed by atoms with Crippen molar-refractivity contribution < 1.29 is 15.0 Å². The monoisotopic (exact) mass is 590 g/mol. The van der Waals surface area contributed by atoms with Crippen LogP contribution in [0.3, 0.4) is 0 Å². The number of anilines is 1. The van der Waals surface area contributed by atoms with Gasteiger partial charge in [0, 0.05) is 49.9 Å². The van der Waals surface area contributed by atoms with Gasteiger partial charge in [-0.05, 0) is 44.9 Å². The summed E-state index contributed by atoms with van der Waals surface area (Å²) in [5.74, 6) is 0.119.